The molecule has 0 fully saturated rings. The highest BCUT2D eigenvalue weighted by Gasteiger charge is 2.20. The molecule has 0 aliphatic rings. The largest absolute Gasteiger partial charge is 0.392 e. The van der Waals surface area contributed by atoms with Crippen molar-refractivity contribution < 1.29 is 17.9 Å². The van der Waals surface area contributed by atoms with E-state index in [1.807, 2.05) is 4.72 Å². The molecule has 0 aliphatic heterocycles. The van der Waals surface area contributed by atoms with E-state index in [2.05, 4.69) is 15.9 Å². The predicted octanol–water partition coefficient (Wildman–Crippen LogP) is 0.989. The highest BCUT2D eigenvalue weighted by atomic mass is 79.9. The highest BCUT2D eigenvalue weighted by Crippen LogP contribution is 2.23. The van der Waals surface area contributed by atoms with Gasteiger partial charge >= 0.3 is 0 Å². The van der Waals surface area contributed by atoms with E-state index in [1.165, 1.54) is 13.1 Å². The highest BCUT2D eigenvalue weighted by molar-refractivity contribution is 9.10. The van der Waals surface area contributed by atoms with Crippen molar-refractivity contribution in [2.75, 3.05) is 7.05 Å². The molecule has 15 heavy (non-hydrogen) atoms. The smallest absolute Gasteiger partial charge is 0.243 e. The van der Waals surface area contributed by atoms with E-state index in [9.17, 15) is 12.8 Å². The molecule has 0 atom stereocenters. The molecule has 0 unspecified atom stereocenters. The molecule has 84 valence electrons. The van der Waals surface area contributed by atoms with E-state index in [4.69, 9.17) is 5.11 Å². The minimum Gasteiger partial charge on any atom is -0.392 e. The van der Waals surface area contributed by atoms with Crippen molar-refractivity contribution in [1.82, 2.24) is 4.72 Å². The van der Waals surface area contributed by atoms with Gasteiger partial charge in [-0.05, 0) is 19.2 Å². The lowest BCUT2D eigenvalue weighted by molar-refractivity contribution is 0.274. The molecule has 4 nitrogen and oxygen atoms in total. The second-order valence-corrected chi connectivity index (χ2v) is 5.51. The monoisotopic (exact) mass is 297 g/mol. The van der Waals surface area contributed by atoms with Crippen molar-refractivity contribution >= 4 is 26.0 Å². The fourth-order valence-corrected chi connectivity index (χ4v) is 2.56. The van der Waals surface area contributed by atoms with Gasteiger partial charge in [0.15, 0.2) is 0 Å². The molecule has 0 spiro atoms. The van der Waals surface area contributed by atoms with E-state index >= 15 is 0 Å². The van der Waals surface area contributed by atoms with Crippen LogP contribution in [0.25, 0.3) is 0 Å². The van der Waals surface area contributed by atoms with Gasteiger partial charge < -0.3 is 5.11 Å². The summed E-state index contributed by atoms with van der Waals surface area (Å²) >= 11 is 3.04. The Morgan fingerprint density at radius 2 is 2.13 bits per heavy atom. The number of aliphatic hydroxyl groups excluding tert-OH is 1. The first kappa shape index (κ1) is 12.6. The van der Waals surface area contributed by atoms with Crippen LogP contribution in [-0.4, -0.2) is 20.6 Å². The number of nitrogens with one attached hydrogen (secondary N) is 1. The third-order valence-corrected chi connectivity index (χ3v) is 3.68. The van der Waals surface area contributed by atoms with Crippen molar-refractivity contribution in [3.8, 4) is 0 Å². The quantitative estimate of drug-likeness (QED) is 0.874. The molecule has 0 amide bonds. The van der Waals surface area contributed by atoms with Crippen LogP contribution in [0, 0.1) is 5.82 Å². The summed E-state index contributed by atoms with van der Waals surface area (Å²) in [4.78, 5) is -0.483. The summed E-state index contributed by atoms with van der Waals surface area (Å²) in [5, 5.41) is 8.83. The molecule has 7 heteroatoms. The van der Waals surface area contributed by atoms with Crippen LogP contribution in [0.5, 0.6) is 0 Å². The Kier molecular flexibility index (Phi) is 3.82. The SMILES string of the molecule is CNS(=O)(=O)c1cc(Br)cc(CO)c1F. The van der Waals surface area contributed by atoms with Crippen molar-refractivity contribution in [2.45, 2.75) is 11.5 Å². The third kappa shape index (κ3) is 2.54. The first-order valence-corrected chi connectivity index (χ1v) is 6.22. The Morgan fingerprint density at radius 3 is 2.60 bits per heavy atom. The van der Waals surface area contributed by atoms with Crippen LogP contribution in [0.1, 0.15) is 5.56 Å². The Bertz CT molecular complexity index is 475. The van der Waals surface area contributed by atoms with Crippen LogP contribution in [0.15, 0.2) is 21.5 Å². The molecule has 0 saturated heterocycles. The molecule has 2 N–H and O–H groups in total. The van der Waals surface area contributed by atoms with Crippen LogP contribution in [-0.2, 0) is 16.6 Å². The Balaban J connectivity index is 3.49. The standard InChI is InChI=1S/C8H9BrFNO3S/c1-11-15(13,14)7-3-6(9)2-5(4-12)8(7)10/h2-3,11-12H,4H2,1H3. The topological polar surface area (TPSA) is 66.4 Å². The second-order valence-electron chi connectivity index (χ2n) is 2.74. The number of hydrogen-bond acceptors (Lipinski definition) is 3. The van der Waals surface area contributed by atoms with Gasteiger partial charge in [-0.25, -0.2) is 17.5 Å². The zero-order chi connectivity index (χ0) is 11.6. The Labute approximate surface area is 95.3 Å². The summed E-state index contributed by atoms with van der Waals surface area (Å²) in [6.07, 6.45) is 0. The van der Waals surface area contributed by atoms with E-state index in [1.54, 1.807) is 0 Å². The molecule has 1 rings (SSSR count). The van der Waals surface area contributed by atoms with Crippen molar-refractivity contribution in [3.05, 3.63) is 28.0 Å². The average molecular weight is 298 g/mol. The zero-order valence-corrected chi connectivity index (χ0v) is 10.2. The van der Waals surface area contributed by atoms with Gasteiger partial charge in [-0.1, -0.05) is 15.9 Å². The van der Waals surface area contributed by atoms with E-state index in [-0.39, 0.29) is 5.56 Å². The lowest BCUT2D eigenvalue weighted by atomic mass is 10.2. The lowest BCUT2D eigenvalue weighted by Gasteiger charge is -2.07. The molecule has 0 heterocycles. The minimum atomic E-state index is -3.85. The van der Waals surface area contributed by atoms with Gasteiger partial charge in [-0.3, -0.25) is 0 Å². The summed E-state index contributed by atoms with van der Waals surface area (Å²) in [5.41, 5.74) is -0.0711. The molecule has 1 aromatic rings. The fourth-order valence-electron chi connectivity index (χ4n) is 1.04. The first-order valence-electron chi connectivity index (χ1n) is 3.94. The number of aliphatic hydroxyl groups is 1. The maximum atomic E-state index is 13.5. The normalized spacial score (nSPS) is 11.7. The number of sulfonamides is 1. The lowest BCUT2D eigenvalue weighted by Crippen LogP contribution is -2.20. The third-order valence-electron chi connectivity index (χ3n) is 1.81. The molecular weight excluding hydrogens is 289 g/mol. The summed E-state index contributed by atoms with van der Waals surface area (Å²) < 4.78 is 38.7. The maximum Gasteiger partial charge on any atom is 0.243 e. The number of halogens is 2. The summed E-state index contributed by atoms with van der Waals surface area (Å²) in [7, 11) is -2.66. The Hall–Kier alpha value is -0.500. The van der Waals surface area contributed by atoms with Gasteiger partial charge in [0.25, 0.3) is 0 Å². The molecule has 0 aliphatic carbocycles. The zero-order valence-electron chi connectivity index (χ0n) is 7.79. The molecule has 0 aromatic heterocycles. The molecule has 1 aromatic carbocycles. The van der Waals surface area contributed by atoms with Gasteiger partial charge in [-0.15, -0.1) is 0 Å². The molecule has 0 saturated carbocycles. The second kappa shape index (κ2) is 4.56. The van der Waals surface area contributed by atoms with E-state index < -0.39 is 27.3 Å². The van der Waals surface area contributed by atoms with E-state index in [0.717, 1.165) is 6.07 Å². The van der Waals surface area contributed by atoms with Gasteiger partial charge in [0, 0.05) is 10.0 Å². The fraction of sp³-hybridized carbons (Fsp3) is 0.250. The van der Waals surface area contributed by atoms with Gasteiger partial charge in [0.05, 0.1) is 6.61 Å². The summed E-state index contributed by atoms with van der Waals surface area (Å²) in [5.74, 6) is -0.935. The van der Waals surface area contributed by atoms with Gasteiger partial charge in [0.1, 0.15) is 10.7 Å². The summed E-state index contributed by atoms with van der Waals surface area (Å²) in [6, 6.07) is 2.46. The molecule has 0 bridgehead atoms. The Morgan fingerprint density at radius 1 is 1.53 bits per heavy atom. The van der Waals surface area contributed by atoms with Crippen LogP contribution in [0.2, 0.25) is 0 Å². The molecule has 0 radical (unpaired) electrons. The predicted molar refractivity (Wildman–Crippen MR) is 56.3 cm³/mol. The summed E-state index contributed by atoms with van der Waals surface area (Å²) in [6.45, 7) is -0.558. The van der Waals surface area contributed by atoms with Crippen LogP contribution in [0.4, 0.5) is 4.39 Å². The van der Waals surface area contributed by atoms with Crippen LogP contribution >= 0.6 is 15.9 Å². The van der Waals surface area contributed by atoms with Crippen molar-refractivity contribution in [2.24, 2.45) is 0 Å². The van der Waals surface area contributed by atoms with E-state index in [0.29, 0.717) is 4.47 Å². The first-order chi connectivity index (χ1) is 6.92. The number of hydrogen-bond donors (Lipinski definition) is 2. The molecular formula is C8H9BrFNO3S. The van der Waals surface area contributed by atoms with Crippen LogP contribution < -0.4 is 4.72 Å². The minimum absolute atomic E-state index is 0.0711. The van der Waals surface area contributed by atoms with Crippen molar-refractivity contribution in [3.63, 3.8) is 0 Å². The van der Waals surface area contributed by atoms with Crippen molar-refractivity contribution in [1.29, 1.82) is 0 Å². The number of rotatable bonds is 3. The average Bonchev–Trinajstić information content (AvgIpc) is 2.20. The van der Waals surface area contributed by atoms with Gasteiger partial charge in [0.2, 0.25) is 10.0 Å². The maximum absolute atomic E-state index is 13.5. The van der Waals surface area contributed by atoms with Crippen LogP contribution in [0.3, 0.4) is 0 Å². The number of benzene rings is 1. The van der Waals surface area contributed by atoms with Gasteiger partial charge in [-0.2, -0.15) is 0 Å².